The lowest BCUT2D eigenvalue weighted by atomic mass is 9.99. The molecule has 3 rings (SSSR count). The Labute approximate surface area is 158 Å². The summed E-state index contributed by atoms with van der Waals surface area (Å²) in [4.78, 5) is 26.0. The summed E-state index contributed by atoms with van der Waals surface area (Å²) in [5, 5.41) is 3.27. The smallest absolute Gasteiger partial charge is 0.325 e. The highest BCUT2D eigenvalue weighted by atomic mass is 79.9. The standard InChI is InChI=1S/C17H16BrClN2O4/c1-10-3-6-14(25-10)17(2)15(22)21(16(23)20-17)7-8-24-13-5-4-11(19)9-12(13)18/h3-6,9H,7-8H2,1-2H3,(H,20,23). The number of halogens is 2. The lowest BCUT2D eigenvalue weighted by Crippen LogP contribution is -2.41. The number of rotatable bonds is 5. The topological polar surface area (TPSA) is 71.8 Å². The Bertz CT molecular complexity index is 838. The minimum Gasteiger partial charge on any atom is -0.491 e. The van der Waals surface area contributed by atoms with Gasteiger partial charge in [-0.2, -0.15) is 0 Å². The van der Waals surface area contributed by atoms with Crippen molar-refractivity contribution in [2.75, 3.05) is 13.2 Å². The number of imide groups is 1. The third-order valence-electron chi connectivity index (χ3n) is 3.97. The van der Waals surface area contributed by atoms with Crippen LogP contribution in [0.1, 0.15) is 18.4 Å². The zero-order valence-corrected chi connectivity index (χ0v) is 16.0. The summed E-state index contributed by atoms with van der Waals surface area (Å²) in [7, 11) is 0. The van der Waals surface area contributed by atoms with Crippen molar-refractivity contribution in [3.05, 3.63) is 51.3 Å². The molecule has 25 heavy (non-hydrogen) atoms. The van der Waals surface area contributed by atoms with Gasteiger partial charge in [0.05, 0.1) is 11.0 Å². The van der Waals surface area contributed by atoms with Crippen LogP contribution in [-0.4, -0.2) is 30.0 Å². The van der Waals surface area contributed by atoms with Gasteiger partial charge in [-0.25, -0.2) is 4.79 Å². The number of hydrogen-bond acceptors (Lipinski definition) is 4. The summed E-state index contributed by atoms with van der Waals surface area (Å²) >= 11 is 9.24. The Hall–Kier alpha value is -1.99. The van der Waals surface area contributed by atoms with Crippen LogP contribution in [0, 0.1) is 6.92 Å². The molecule has 0 spiro atoms. The molecular formula is C17H16BrClN2O4. The van der Waals surface area contributed by atoms with Gasteiger partial charge in [0.25, 0.3) is 5.91 Å². The maximum atomic E-state index is 12.7. The van der Waals surface area contributed by atoms with Crippen molar-refractivity contribution < 1.29 is 18.7 Å². The normalized spacial score (nSPS) is 20.1. The summed E-state index contributed by atoms with van der Waals surface area (Å²) in [5.41, 5.74) is -1.20. The van der Waals surface area contributed by atoms with E-state index in [-0.39, 0.29) is 19.1 Å². The van der Waals surface area contributed by atoms with Crippen molar-refractivity contribution in [2.24, 2.45) is 0 Å². The number of carbonyl (C=O) groups excluding carboxylic acids is 2. The second-order valence-corrected chi connectivity index (χ2v) is 7.14. The number of nitrogens with zero attached hydrogens (tertiary/aromatic N) is 1. The van der Waals surface area contributed by atoms with Crippen LogP contribution in [0.15, 0.2) is 39.2 Å². The first-order chi connectivity index (χ1) is 11.8. The van der Waals surface area contributed by atoms with E-state index < -0.39 is 11.6 Å². The van der Waals surface area contributed by atoms with Crippen molar-refractivity contribution in [3.63, 3.8) is 0 Å². The van der Waals surface area contributed by atoms with Crippen molar-refractivity contribution in [2.45, 2.75) is 19.4 Å². The molecule has 1 unspecified atom stereocenters. The summed E-state index contributed by atoms with van der Waals surface area (Å²) < 4.78 is 11.9. The number of urea groups is 1. The molecule has 1 fully saturated rings. The number of aryl methyl sites for hydroxylation is 1. The average Bonchev–Trinajstić information content (AvgIpc) is 3.07. The molecule has 3 amide bonds. The van der Waals surface area contributed by atoms with Crippen LogP contribution in [0.3, 0.4) is 0 Å². The van der Waals surface area contributed by atoms with E-state index >= 15 is 0 Å². The minimum absolute atomic E-state index is 0.120. The lowest BCUT2D eigenvalue weighted by molar-refractivity contribution is -0.131. The molecule has 1 aromatic carbocycles. The predicted molar refractivity (Wildman–Crippen MR) is 95.7 cm³/mol. The van der Waals surface area contributed by atoms with E-state index in [1.165, 1.54) is 0 Å². The zero-order valence-electron chi connectivity index (χ0n) is 13.6. The van der Waals surface area contributed by atoms with Crippen molar-refractivity contribution in [1.29, 1.82) is 0 Å². The van der Waals surface area contributed by atoms with Gasteiger partial charge in [-0.15, -0.1) is 0 Å². The molecule has 6 nitrogen and oxygen atoms in total. The van der Waals surface area contributed by atoms with Crippen molar-refractivity contribution >= 4 is 39.5 Å². The summed E-state index contributed by atoms with van der Waals surface area (Å²) in [6.07, 6.45) is 0. The first-order valence-corrected chi connectivity index (χ1v) is 8.77. The van der Waals surface area contributed by atoms with Crippen molar-refractivity contribution in [3.8, 4) is 5.75 Å². The van der Waals surface area contributed by atoms with Crippen molar-refractivity contribution in [1.82, 2.24) is 10.2 Å². The fourth-order valence-electron chi connectivity index (χ4n) is 2.61. The van der Waals surface area contributed by atoms with Gasteiger partial charge in [0.2, 0.25) is 0 Å². The first kappa shape index (κ1) is 17.8. The number of ether oxygens (including phenoxy) is 1. The molecule has 0 saturated carbocycles. The lowest BCUT2D eigenvalue weighted by Gasteiger charge is -2.19. The molecule has 1 N–H and O–H groups in total. The monoisotopic (exact) mass is 426 g/mol. The average molecular weight is 428 g/mol. The molecule has 0 bridgehead atoms. The molecule has 1 saturated heterocycles. The molecule has 1 aliphatic rings. The molecule has 1 aliphatic heterocycles. The van der Waals surface area contributed by atoms with Gasteiger partial charge in [0, 0.05) is 5.02 Å². The highest BCUT2D eigenvalue weighted by molar-refractivity contribution is 9.10. The third kappa shape index (κ3) is 3.39. The summed E-state index contributed by atoms with van der Waals surface area (Å²) in [6, 6.07) is 8.10. The maximum Gasteiger partial charge on any atom is 0.325 e. The quantitative estimate of drug-likeness (QED) is 0.736. The van der Waals surface area contributed by atoms with E-state index in [1.54, 1.807) is 44.2 Å². The fraction of sp³-hybridized carbons (Fsp3) is 0.294. The van der Waals surface area contributed by atoms with Crippen LogP contribution < -0.4 is 10.1 Å². The van der Waals surface area contributed by atoms with Gasteiger partial charge in [-0.1, -0.05) is 11.6 Å². The summed E-state index contributed by atoms with van der Waals surface area (Å²) in [6.45, 7) is 3.69. The molecule has 1 atom stereocenters. The van der Waals surface area contributed by atoms with Gasteiger partial charge < -0.3 is 14.5 Å². The zero-order chi connectivity index (χ0) is 18.2. The fourth-order valence-corrected chi connectivity index (χ4v) is 3.41. The first-order valence-electron chi connectivity index (χ1n) is 7.60. The summed E-state index contributed by atoms with van der Waals surface area (Å²) in [5.74, 6) is 1.30. The minimum atomic E-state index is -1.20. The van der Waals surface area contributed by atoms with Gasteiger partial charge in [0.15, 0.2) is 5.54 Å². The van der Waals surface area contributed by atoms with E-state index in [1.807, 2.05) is 0 Å². The van der Waals surface area contributed by atoms with Crippen LogP contribution in [0.25, 0.3) is 0 Å². The van der Waals surface area contributed by atoms with E-state index in [0.717, 1.165) is 4.90 Å². The molecular weight excluding hydrogens is 412 g/mol. The Morgan fingerprint density at radius 2 is 2.08 bits per heavy atom. The van der Waals surface area contributed by atoms with Gasteiger partial charge in [-0.3, -0.25) is 9.69 Å². The number of carbonyl (C=O) groups is 2. The Kier molecular flexibility index (Phi) is 4.79. The number of nitrogens with one attached hydrogen (secondary N) is 1. The molecule has 0 radical (unpaired) electrons. The van der Waals surface area contributed by atoms with Gasteiger partial charge >= 0.3 is 6.03 Å². The highest BCUT2D eigenvalue weighted by Gasteiger charge is 2.50. The number of hydrogen-bond donors (Lipinski definition) is 1. The number of benzene rings is 1. The number of furan rings is 1. The molecule has 1 aromatic heterocycles. The molecule has 0 aliphatic carbocycles. The van der Waals surface area contributed by atoms with Gasteiger partial charge in [-0.05, 0) is 60.1 Å². The predicted octanol–water partition coefficient (Wildman–Crippen LogP) is 3.85. The van der Waals surface area contributed by atoms with E-state index in [9.17, 15) is 9.59 Å². The molecule has 132 valence electrons. The largest absolute Gasteiger partial charge is 0.491 e. The molecule has 2 heterocycles. The Balaban J connectivity index is 1.67. The van der Waals surface area contributed by atoms with Crippen LogP contribution in [0.4, 0.5) is 4.79 Å². The van der Waals surface area contributed by atoms with E-state index in [2.05, 4.69) is 21.2 Å². The molecule has 8 heteroatoms. The second-order valence-electron chi connectivity index (χ2n) is 5.85. The molecule has 2 aromatic rings. The van der Waals surface area contributed by atoms with Gasteiger partial charge in [0.1, 0.15) is 23.9 Å². The van der Waals surface area contributed by atoms with E-state index in [4.69, 9.17) is 20.8 Å². The third-order valence-corrected chi connectivity index (χ3v) is 4.83. The highest BCUT2D eigenvalue weighted by Crippen LogP contribution is 2.31. The van der Waals surface area contributed by atoms with Crippen LogP contribution in [0.2, 0.25) is 5.02 Å². The van der Waals surface area contributed by atoms with Crippen LogP contribution in [-0.2, 0) is 10.3 Å². The van der Waals surface area contributed by atoms with E-state index in [0.29, 0.717) is 26.8 Å². The van der Waals surface area contributed by atoms with Crippen LogP contribution >= 0.6 is 27.5 Å². The second kappa shape index (κ2) is 6.72. The number of amides is 3. The Morgan fingerprint density at radius 1 is 1.32 bits per heavy atom. The maximum absolute atomic E-state index is 12.7. The Morgan fingerprint density at radius 3 is 2.72 bits per heavy atom. The SMILES string of the molecule is Cc1ccc(C2(C)NC(=O)N(CCOc3ccc(Cl)cc3Br)C2=O)o1. The van der Waals surface area contributed by atoms with Crippen LogP contribution in [0.5, 0.6) is 5.75 Å².